The van der Waals surface area contributed by atoms with Crippen molar-refractivity contribution < 1.29 is 28.6 Å². The van der Waals surface area contributed by atoms with Crippen LogP contribution in [-0.2, 0) is 9.53 Å². The molecule has 3 aromatic carbocycles. The summed E-state index contributed by atoms with van der Waals surface area (Å²) in [5.74, 6) is 1.05. The van der Waals surface area contributed by atoms with Gasteiger partial charge in [-0.2, -0.15) is 0 Å². The van der Waals surface area contributed by atoms with Crippen LogP contribution in [0.5, 0.6) is 17.2 Å². The van der Waals surface area contributed by atoms with Crippen LogP contribution in [0.15, 0.2) is 66.7 Å². The number of nitrogens with one attached hydrogen (secondary N) is 1. The van der Waals surface area contributed by atoms with Gasteiger partial charge in [0.2, 0.25) is 0 Å². The van der Waals surface area contributed by atoms with Gasteiger partial charge in [-0.3, -0.25) is 19.3 Å². The molecule has 8 nitrogen and oxygen atoms in total. The lowest BCUT2D eigenvalue weighted by Crippen LogP contribution is -2.36. The van der Waals surface area contributed by atoms with Crippen LogP contribution in [-0.4, -0.2) is 48.5 Å². The second kappa shape index (κ2) is 11.7. The second-order valence-electron chi connectivity index (χ2n) is 9.91. The van der Waals surface area contributed by atoms with Gasteiger partial charge in [0.15, 0.2) is 6.61 Å². The number of ether oxygens (including phenoxy) is 3. The molecule has 0 aromatic heterocycles. The van der Waals surface area contributed by atoms with E-state index in [1.807, 2.05) is 24.3 Å². The zero-order valence-corrected chi connectivity index (χ0v) is 22.1. The molecule has 39 heavy (non-hydrogen) atoms. The molecule has 1 N–H and O–H groups in total. The van der Waals surface area contributed by atoms with Gasteiger partial charge in [0.05, 0.1) is 23.8 Å². The lowest BCUT2D eigenvalue weighted by Gasteiger charge is -2.17. The summed E-state index contributed by atoms with van der Waals surface area (Å²) in [6, 6.07) is 19.6. The Labute approximate surface area is 227 Å². The van der Waals surface area contributed by atoms with E-state index >= 15 is 0 Å². The van der Waals surface area contributed by atoms with Crippen molar-refractivity contribution in [3.63, 3.8) is 0 Å². The van der Waals surface area contributed by atoms with Crippen LogP contribution in [0.2, 0.25) is 0 Å². The number of benzene rings is 3. The maximum Gasteiger partial charge on any atom is 0.262 e. The first-order valence-electron chi connectivity index (χ1n) is 13.3. The molecule has 0 bridgehead atoms. The van der Waals surface area contributed by atoms with E-state index in [2.05, 4.69) is 19.2 Å². The molecule has 5 rings (SSSR count). The fourth-order valence-corrected chi connectivity index (χ4v) is 4.74. The van der Waals surface area contributed by atoms with Crippen molar-refractivity contribution in [2.24, 2.45) is 0 Å². The molecular formula is C31H32N2O6. The summed E-state index contributed by atoms with van der Waals surface area (Å²) in [5, 5.41) is 2.81. The van der Waals surface area contributed by atoms with E-state index in [1.165, 1.54) is 10.5 Å². The van der Waals surface area contributed by atoms with E-state index in [-0.39, 0.29) is 37.0 Å². The lowest BCUT2D eigenvalue weighted by molar-refractivity contribution is -0.118. The first-order valence-corrected chi connectivity index (χ1v) is 13.3. The fraction of sp³-hybridized carbons (Fsp3) is 0.323. The molecule has 3 aromatic rings. The first kappa shape index (κ1) is 26.4. The topological polar surface area (TPSA) is 94.2 Å². The average Bonchev–Trinajstić information content (AvgIpc) is 3.55. The van der Waals surface area contributed by atoms with Crippen LogP contribution in [0.3, 0.4) is 0 Å². The van der Waals surface area contributed by atoms with Crippen molar-refractivity contribution in [3.8, 4) is 17.2 Å². The third-order valence-electron chi connectivity index (χ3n) is 7.14. The highest BCUT2D eigenvalue weighted by Gasteiger charge is 2.37. The molecule has 3 amide bonds. The summed E-state index contributed by atoms with van der Waals surface area (Å²) < 4.78 is 17.2. The van der Waals surface area contributed by atoms with E-state index in [4.69, 9.17) is 14.2 Å². The molecule has 2 aliphatic rings. The molecule has 1 fully saturated rings. The van der Waals surface area contributed by atoms with Crippen molar-refractivity contribution in [2.75, 3.05) is 25.1 Å². The van der Waals surface area contributed by atoms with E-state index in [9.17, 15) is 14.4 Å². The molecule has 8 heteroatoms. The number of carbonyl (C=O) groups excluding carboxylic acids is 3. The number of hydrogen-bond acceptors (Lipinski definition) is 6. The molecule has 0 saturated carbocycles. The van der Waals surface area contributed by atoms with Gasteiger partial charge in [-0.15, -0.1) is 0 Å². The normalized spacial score (nSPS) is 17.2. The zero-order valence-electron chi connectivity index (χ0n) is 22.1. The number of rotatable bonds is 10. The van der Waals surface area contributed by atoms with Crippen LogP contribution < -0.4 is 14.8 Å². The molecule has 0 spiro atoms. The number of fused-ring (bicyclic) bond motifs is 1. The molecule has 202 valence electrons. The summed E-state index contributed by atoms with van der Waals surface area (Å²) in [5.41, 5.74) is 2.46. The summed E-state index contributed by atoms with van der Waals surface area (Å²) in [6.45, 7) is 5.11. The highest BCUT2D eigenvalue weighted by atomic mass is 16.5. The van der Waals surface area contributed by atoms with Crippen LogP contribution in [0.4, 0.5) is 5.69 Å². The lowest BCUT2D eigenvalue weighted by atomic mass is 9.99. The molecule has 2 aliphatic heterocycles. The van der Waals surface area contributed by atoms with Crippen molar-refractivity contribution in [1.29, 1.82) is 0 Å². The van der Waals surface area contributed by atoms with Gasteiger partial charge in [0.25, 0.3) is 17.7 Å². The van der Waals surface area contributed by atoms with Gasteiger partial charge in [-0.25, -0.2) is 0 Å². The Morgan fingerprint density at radius 1 is 1.00 bits per heavy atom. The molecule has 1 saturated heterocycles. The Morgan fingerprint density at radius 2 is 1.74 bits per heavy atom. The first-order chi connectivity index (χ1) is 18.9. The van der Waals surface area contributed by atoms with Crippen molar-refractivity contribution >= 4 is 23.4 Å². The number of carbonyl (C=O) groups is 3. The van der Waals surface area contributed by atoms with Gasteiger partial charge < -0.3 is 19.5 Å². The van der Waals surface area contributed by atoms with Gasteiger partial charge >= 0.3 is 0 Å². The standard InChI is InChI=1S/C31H32N2O6/c1-3-20(2)21-9-11-23(12-10-21)38-19-29(34)32-22-6-4-7-24(16-22)39-25-13-14-27-28(17-25)31(36)33(30(27)35)18-26-8-5-15-37-26/h4,6-7,9-14,16-17,20,26H,3,5,8,15,18-19H2,1-2H3,(H,32,34). The summed E-state index contributed by atoms with van der Waals surface area (Å²) in [7, 11) is 0. The predicted molar refractivity (Wildman–Crippen MR) is 147 cm³/mol. The number of anilines is 1. The SMILES string of the molecule is CCC(C)c1ccc(OCC(=O)Nc2cccc(Oc3ccc4c(c3)C(=O)N(CC3CCCO3)C4=O)c2)cc1. The number of nitrogens with zero attached hydrogens (tertiary/aromatic N) is 1. The van der Waals surface area contributed by atoms with Gasteiger partial charge in [0, 0.05) is 18.4 Å². The van der Waals surface area contributed by atoms with Crippen LogP contribution in [0.25, 0.3) is 0 Å². The summed E-state index contributed by atoms with van der Waals surface area (Å²) in [6.07, 6.45) is 2.72. The third kappa shape index (κ3) is 6.12. The minimum absolute atomic E-state index is 0.110. The molecule has 2 heterocycles. The zero-order chi connectivity index (χ0) is 27.4. The maximum absolute atomic E-state index is 12.9. The Bertz CT molecular complexity index is 1360. The molecule has 2 atom stereocenters. The highest BCUT2D eigenvalue weighted by Crippen LogP contribution is 2.31. The Kier molecular flexibility index (Phi) is 7.93. The number of hydrogen-bond donors (Lipinski definition) is 1. The van der Waals surface area contributed by atoms with E-state index in [0.29, 0.717) is 46.6 Å². The van der Waals surface area contributed by atoms with Gasteiger partial charge in [0.1, 0.15) is 17.2 Å². The van der Waals surface area contributed by atoms with Crippen molar-refractivity contribution in [1.82, 2.24) is 4.90 Å². The third-order valence-corrected chi connectivity index (χ3v) is 7.14. The largest absolute Gasteiger partial charge is 0.484 e. The Balaban J connectivity index is 1.18. The minimum atomic E-state index is -0.341. The molecule has 0 aliphatic carbocycles. The Hall–Kier alpha value is -4.17. The van der Waals surface area contributed by atoms with E-state index in [0.717, 1.165) is 19.3 Å². The van der Waals surface area contributed by atoms with E-state index < -0.39 is 0 Å². The predicted octanol–water partition coefficient (Wildman–Crippen LogP) is 5.78. The average molecular weight is 529 g/mol. The van der Waals surface area contributed by atoms with E-state index in [1.54, 1.807) is 42.5 Å². The monoisotopic (exact) mass is 528 g/mol. The van der Waals surface area contributed by atoms with Gasteiger partial charge in [-0.05, 0) is 73.2 Å². The summed E-state index contributed by atoms with van der Waals surface area (Å²) in [4.78, 5) is 39.4. The maximum atomic E-state index is 12.9. The molecule has 0 radical (unpaired) electrons. The van der Waals surface area contributed by atoms with Crippen LogP contribution in [0.1, 0.15) is 65.3 Å². The van der Waals surface area contributed by atoms with Crippen LogP contribution in [0, 0.1) is 0 Å². The number of imide groups is 1. The fourth-order valence-electron chi connectivity index (χ4n) is 4.74. The smallest absolute Gasteiger partial charge is 0.262 e. The highest BCUT2D eigenvalue weighted by molar-refractivity contribution is 6.21. The number of amides is 3. The van der Waals surface area contributed by atoms with Gasteiger partial charge in [-0.1, -0.05) is 32.0 Å². The minimum Gasteiger partial charge on any atom is -0.484 e. The van der Waals surface area contributed by atoms with Crippen LogP contribution >= 0.6 is 0 Å². The van der Waals surface area contributed by atoms with Crippen molar-refractivity contribution in [2.45, 2.75) is 45.1 Å². The quantitative estimate of drug-likeness (QED) is 0.335. The second-order valence-corrected chi connectivity index (χ2v) is 9.91. The van der Waals surface area contributed by atoms with Crippen molar-refractivity contribution in [3.05, 3.63) is 83.4 Å². The Morgan fingerprint density at radius 3 is 2.49 bits per heavy atom. The molecular weight excluding hydrogens is 496 g/mol. The molecule has 2 unspecified atom stereocenters. The summed E-state index contributed by atoms with van der Waals surface area (Å²) >= 11 is 0.